The molecule has 0 aliphatic carbocycles. The van der Waals surface area contributed by atoms with Crippen LogP contribution in [0.15, 0.2) is 16.9 Å². The van der Waals surface area contributed by atoms with E-state index in [0.29, 0.717) is 11.5 Å². The number of carboxylic acids is 1. The van der Waals surface area contributed by atoms with Crippen molar-refractivity contribution in [1.82, 2.24) is 4.98 Å². The lowest BCUT2D eigenvalue weighted by Crippen LogP contribution is -2.17. The number of fused-ring (bicyclic) bond motifs is 1. The number of nitrogens with one attached hydrogen (secondary N) is 1. The maximum absolute atomic E-state index is 11.6. The Hall–Kier alpha value is -2.70. The molecule has 1 aromatic carbocycles. The number of hydrogen-bond acceptors (Lipinski definition) is 5. The smallest absolute Gasteiger partial charge is 0.345 e. The number of carboxylic acid groups (broad SMARTS) is 1. The number of carbonyl (C=O) groups is 1. The van der Waals surface area contributed by atoms with E-state index in [0.717, 1.165) is 0 Å². The SMILES string of the molecule is COc1cc2[nH]c(=O)c(C(=O)O)c(O)c2cc1OC. The zero-order valence-electron chi connectivity index (χ0n) is 10.2. The van der Waals surface area contributed by atoms with E-state index < -0.39 is 22.8 Å². The Bertz CT molecular complexity index is 718. The Balaban J connectivity index is 2.90. The van der Waals surface area contributed by atoms with Gasteiger partial charge in [0.25, 0.3) is 5.56 Å². The van der Waals surface area contributed by atoms with Gasteiger partial charge in [-0.2, -0.15) is 0 Å². The van der Waals surface area contributed by atoms with Crippen LogP contribution in [0.5, 0.6) is 17.2 Å². The standard InChI is InChI=1S/C12H11NO6/c1-18-7-3-5-6(4-8(7)19-2)13-11(15)9(10(5)14)12(16)17/h3-4H,1-2H3,(H,16,17)(H2,13,14,15). The number of ether oxygens (including phenoxy) is 2. The average Bonchev–Trinajstić information content (AvgIpc) is 2.36. The molecule has 0 unspecified atom stereocenters. The monoisotopic (exact) mass is 265 g/mol. The highest BCUT2D eigenvalue weighted by Crippen LogP contribution is 2.35. The largest absolute Gasteiger partial charge is 0.506 e. The van der Waals surface area contributed by atoms with Gasteiger partial charge < -0.3 is 24.7 Å². The normalized spacial score (nSPS) is 10.4. The van der Waals surface area contributed by atoms with Crippen LogP contribution in [0.2, 0.25) is 0 Å². The van der Waals surface area contributed by atoms with E-state index in [4.69, 9.17) is 14.6 Å². The van der Waals surface area contributed by atoms with Crippen LogP contribution < -0.4 is 15.0 Å². The topological polar surface area (TPSA) is 109 Å². The van der Waals surface area contributed by atoms with Crippen LogP contribution in [-0.2, 0) is 0 Å². The third kappa shape index (κ3) is 1.95. The fourth-order valence-electron chi connectivity index (χ4n) is 1.80. The van der Waals surface area contributed by atoms with Gasteiger partial charge in [-0.15, -0.1) is 0 Å². The third-order valence-corrected chi connectivity index (χ3v) is 2.70. The molecule has 0 radical (unpaired) electrons. The molecule has 0 amide bonds. The average molecular weight is 265 g/mol. The molecular formula is C12H11NO6. The molecule has 7 heteroatoms. The predicted molar refractivity (Wildman–Crippen MR) is 66.3 cm³/mol. The highest BCUT2D eigenvalue weighted by molar-refractivity contribution is 5.99. The van der Waals surface area contributed by atoms with Crippen molar-refractivity contribution in [3.05, 3.63) is 28.0 Å². The summed E-state index contributed by atoms with van der Waals surface area (Å²) in [5, 5.41) is 18.9. The zero-order chi connectivity index (χ0) is 14.2. The lowest BCUT2D eigenvalue weighted by molar-refractivity contribution is 0.0692. The minimum Gasteiger partial charge on any atom is -0.506 e. The Morgan fingerprint density at radius 1 is 1.21 bits per heavy atom. The number of pyridine rings is 1. The summed E-state index contributed by atoms with van der Waals surface area (Å²) in [5.41, 5.74) is -1.34. The number of methoxy groups -OCH3 is 2. The second-order valence-electron chi connectivity index (χ2n) is 3.74. The van der Waals surface area contributed by atoms with Crippen LogP contribution in [0, 0.1) is 0 Å². The number of H-pyrrole nitrogens is 1. The number of aromatic carboxylic acids is 1. The van der Waals surface area contributed by atoms with Crippen molar-refractivity contribution in [2.45, 2.75) is 0 Å². The van der Waals surface area contributed by atoms with Crippen molar-refractivity contribution in [3.63, 3.8) is 0 Å². The Kier molecular flexibility index (Phi) is 3.04. The van der Waals surface area contributed by atoms with E-state index in [9.17, 15) is 14.7 Å². The second kappa shape index (κ2) is 4.52. The van der Waals surface area contributed by atoms with Gasteiger partial charge in [-0.3, -0.25) is 4.79 Å². The molecule has 0 saturated carbocycles. The lowest BCUT2D eigenvalue weighted by Gasteiger charge is -2.10. The number of aromatic hydroxyl groups is 1. The fraction of sp³-hybridized carbons (Fsp3) is 0.167. The van der Waals surface area contributed by atoms with E-state index in [1.165, 1.54) is 26.4 Å². The molecule has 7 nitrogen and oxygen atoms in total. The van der Waals surface area contributed by atoms with Gasteiger partial charge in [0.1, 0.15) is 5.75 Å². The van der Waals surface area contributed by atoms with Crippen molar-refractivity contribution < 1.29 is 24.5 Å². The summed E-state index contributed by atoms with van der Waals surface area (Å²) in [7, 11) is 2.83. The molecule has 0 spiro atoms. The first-order valence-corrected chi connectivity index (χ1v) is 5.23. The second-order valence-corrected chi connectivity index (χ2v) is 3.74. The van der Waals surface area contributed by atoms with Gasteiger partial charge in [-0.25, -0.2) is 4.79 Å². The molecule has 2 rings (SSSR count). The highest BCUT2D eigenvalue weighted by Gasteiger charge is 2.19. The van der Waals surface area contributed by atoms with E-state index in [1.54, 1.807) is 0 Å². The molecule has 19 heavy (non-hydrogen) atoms. The molecule has 2 aromatic rings. The first kappa shape index (κ1) is 12.7. The van der Waals surface area contributed by atoms with Gasteiger partial charge in [0, 0.05) is 11.5 Å². The quantitative estimate of drug-likeness (QED) is 0.762. The van der Waals surface area contributed by atoms with E-state index in [-0.39, 0.29) is 10.9 Å². The predicted octanol–water partition coefficient (Wildman–Crippen LogP) is 0.949. The van der Waals surface area contributed by atoms with Crippen molar-refractivity contribution in [2.75, 3.05) is 14.2 Å². The zero-order valence-corrected chi connectivity index (χ0v) is 10.2. The number of benzene rings is 1. The summed E-state index contributed by atoms with van der Waals surface area (Å²) in [4.78, 5) is 24.9. The van der Waals surface area contributed by atoms with Gasteiger partial charge in [0.2, 0.25) is 0 Å². The first-order valence-electron chi connectivity index (χ1n) is 5.23. The summed E-state index contributed by atoms with van der Waals surface area (Å²) >= 11 is 0. The number of aromatic nitrogens is 1. The Morgan fingerprint density at radius 2 is 1.79 bits per heavy atom. The van der Waals surface area contributed by atoms with E-state index in [2.05, 4.69) is 4.98 Å². The van der Waals surface area contributed by atoms with E-state index >= 15 is 0 Å². The first-order chi connectivity index (χ1) is 8.99. The van der Waals surface area contributed by atoms with Gasteiger partial charge in [-0.05, 0) is 6.07 Å². The van der Waals surface area contributed by atoms with Crippen LogP contribution in [0.3, 0.4) is 0 Å². The number of rotatable bonds is 3. The Morgan fingerprint density at radius 3 is 2.32 bits per heavy atom. The van der Waals surface area contributed by atoms with Crippen LogP contribution in [-0.4, -0.2) is 35.4 Å². The van der Waals surface area contributed by atoms with Crippen molar-refractivity contribution in [2.24, 2.45) is 0 Å². The molecule has 0 bridgehead atoms. The highest BCUT2D eigenvalue weighted by atomic mass is 16.5. The lowest BCUT2D eigenvalue weighted by atomic mass is 10.1. The minimum atomic E-state index is -1.50. The van der Waals surface area contributed by atoms with Crippen LogP contribution in [0.4, 0.5) is 0 Å². The molecule has 0 saturated heterocycles. The van der Waals surface area contributed by atoms with Crippen LogP contribution in [0.25, 0.3) is 10.9 Å². The van der Waals surface area contributed by atoms with Gasteiger partial charge in [-0.1, -0.05) is 0 Å². The molecule has 1 aromatic heterocycles. The molecule has 0 fully saturated rings. The van der Waals surface area contributed by atoms with Crippen molar-refractivity contribution >= 4 is 16.9 Å². The van der Waals surface area contributed by atoms with Gasteiger partial charge in [0.15, 0.2) is 17.1 Å². The number of aromatic amines is 1. The molecule has 100 valence electrons. The minimum absolute atomic E-state index is 0.162. The molecule has 0 aliphatic rings. The summed E-state index contributed by atoms with van der Waals surface area (Å²) in [6.45, 7) is 0. The molecule has 0 aliphatic heterocycles. The van der Waals surface area contributed by atoms with E-state index in [1.807, 2.05) is 0 Å². The maximum Gasteiger partial charge on any atom is 0.345 e. The number of hydrogen-bond donors (Lipinski definition) is 3. The molecular weight excluding hydrogens is 254 g/mol. The van der Waals surface area contributed by atoms with Gasteiger partial charge in [0.05, 0.1) is 19.7 Å². The third-order valence-electron chi connectivity index (χ3n) is 2.70. The molecule has 1 heterocycles. The van der Waals surface area contributed by atoms with Crippen molar-refractivity contribution in [1.29, 1.82) is 0 Å². The maximum atomic E-state index is 11.6. The molecule has 0 atom stereocenters. The summed E-state index contributed by atoms with van der Waals surface area (Å²) in [5.74, 6) is -1.44. The summed E-state index contributed by atoms with van der Waals surface area (Å²) in [6, 6.07) is 2.84. The summed E-state index contributed by atoms with van der Waals surface area (Å²) in [6.07, 6.45) is 0. The van der Waals surface area contributed by atoms with Crippen molar-refractivity contribution in [3.8, 4) is 17.2 Å². The summed E-state index contributed by atoms with van der Waals surface area (Å²) < 4.78 is 10.1. The van der Waals surface area contributed by atoms with Crippen LogP contribution in [0.1, 0.15) is 10.4 Å². The molecule has 3 N–H and O–H groups in total. The Labute approximate surface area is 107 Å². The van der Waals surface area contributed by atoms with Gasteiger partial charge >= 0.3 is 5.97 Å². The van der Waals surface area contributed by atoms with Crippen LogP contribution >= 0.6 is 0 Å². The fourth-order valence-corrected chi connectivity index (χ4v) is 1.80.